The Morgan fingerprint density at radius 1 is 0.824 bits per heavy atom. The van der Waals surface area contributed by atoms with Crippen LogP contribution in [0.2, 0.25) is 0 Å². The van der Waals surface area contributed by atoms with Gasteiger partial charge in [-0.05, 0) is 41.1 Å². The summed E-state index contributed by atoms with van der Waals surface area (Å²) in [6, 6.07) is 21.4. The summed E-state index contributed by atoms with van der Waals surface area (Å²) in [6.45, 7) is 2.05. The van der Waals surface area contributed by atoms with E-state index in [9.17, 15) is 9.59 Å². The third-order valence-electron chi connectivity index (χ3n) is 5.47. The van der Waals surface area contributed by atoms with Crippen LogP contribution in [-0.2, 0) is 33.8 Å². The number of carbonyl (C=O) groups is 2. The van der Waals surface area contributed by atoms with Gasteiger partial charge in [-0.25, -0.2) is 0 Å². The van der Waals surface area contributed by atoms with Gasteiger partial charge in [0.2, 0.25) is 11.8 Å². The van der Waals surface area contributed by atoms with Crippen LogP contribution in [0.15, 0.2) is 72.1 Å². The first kappa shape index (κ1) is 25.5. The molecule has 0 atom stereocenters. The highest BCUT2D eigenvalue weighted by atomic mass is 32.1. The number of thiophene rings is 1. The van der Waals surface area contributed by atoms with Crippen molar-refractivity contribution in [3.63, 3.8) is 0 Å². The van der Waals surface area contributed by atoms with E-state index in [1.807, 2.05) is 77.0 Å². The Morgan fingerprint density at radius 3 is 2.24 bits per heavy atom. The second-order valence-electron chi connectivity index (χ2n) is 8.00. The minimum absolute atomic E-state index is 0.0386. The van der Waals surface area contributed by atoms with Gasteiger partial charge in [0.05, 0.1) is 26.6 Å². The molecular weight excluding hydrogens is 448 g/mol. The maximum atomic E-state index is 13.4. The van der Waals surface area contributed by atoms with Gasteiger partial charge in [0.25, 0.3) is 0 Å². The fraction of sp³-hybridized carbons (Fsp3) is 0.333. The summed E-state index contributed by atoms with van der Waals surface area (Å²) >= 11 is 1.62. The Kier molecular flexibility index (Phi) is 10.1. The molecule has 0 aliphatic rings. The molecule has 0 fully saturated rings. The molecule has 1 aromatic heterocycles. The molecule has 34 heavy (non-hydrogen) atoms. The highest BCUT2D eigenvalue weighted by Crippen LogP contribution is 2.16. The normalized spacial score (nSPS) is 10.6. The number of rotatable bonds is 13. The van der Waals surface area contributed by atoms with Crippen LogP contribution in [0.4, 0.5) is 0 Å². The quantitative estimate of drug-likeness (QED) is 0.341. The molecule has 6 nitrogen and oxygen atoms in total. The lowest BCUT2D eigenvalue weighted by molar-refractivity contribution is -0.141. The van der Waals surface area contributed by atoms with E-state index in [1.54, 1.807) is 30.5 Å². The van der Waals surface area contributed by atoms with E-state index in [0.29, 0.717) is 32.7 Å². The lowest BCUT2D eigenvalue weighted by Gasteiger charge is -2.28. The maximum Gasteiger partial charge on any atom is 0.242 e. The molecule has 0 bridgehead atoms. The van der Waals surface area contributed by atoms with E-state index in [0.717, 1.165) is 21.8 Å². The van der Waals surface area contributed by atoms with Crippen molar-refractivity contribution in [2.75, 3.05) is 33.9 Å². The van der Waals surface area contributed by atoms with Gasteiger partial charge in [-0.15, -0.1) is 11.3 Å². The molecule has 3 aromatic rings. The van der Waals surface area contributed by atoms with Gasteiger partial charge in [0.15, 0.2) is 0 Å². The molecule has 0 saturated heterocycles. The summed E-state index contributed by atoms with van der Waals surface area (Å²) in [6.07, 6.45) is 0.898. The van der Waals surface area contributed by atoms with E-state index in [-0.39, 0.29) is 24.8 Å². The van der Waals surface area contributed by atoms with E-state index in [4.69, 9.17) is 9.47 Å². The third kappa shape index (κ3) is 8.01. The van der Waals surface area contributed by atoms with Crippen LogP contribution in [0.3, 0.4) is 0 Å². The molecular formula is C27H32N2O4S. The van der Waals surface area contributed by atoms with Gasteiger partial charge in [-0.1, -0.05) is 48.5 Å². The van der Waals surface area contributed by atoms with Crippen molar-refractivity contribution in [3.8, 4) is 5.75 Å². The number of benzene rings is 2. The monoisotopic (exact) mass is 480 g/mol. The van der Waals surface area contributed by atoms with Crippen LogP contribution >= 0.6 is 11.3 Å². The summed E-state index contributed by atoms with van der Waals surface area (Å²) < 4.78 is 10.4. The van der Waals surface area contributed by atoms with E-state index in [1.165, 1.54) is 0 Å². The summed E-state index contributed by atoms with van der Waals surface area (Å²) in [4.78, 5) is 31.2. The molecule has 2 amide bonds. The zero-order valence-corrected chi connectivity index (χ0v) is 20.6. The number of carbonyl (C=O) groups excluding carboxylic acids is 2. The van der Waals surface area contributed by atoms with Crippen molar-refractivity contribution in [2.24, 2.45) is 0 Å². The maximum absolute atomic E-state index is 13.4. The van der Waals surface area contributed by atoms with E-state index < -0.39 is 0 Å². The SMILES string of the molecule is COCCCN(CC(=O)N(Cc1ccccc1)Cc1cccs1)C(=O)Cc1ccc(OC)cc1. The van der Waals surface area contributed by atoms with Crippen LogP contribution in [0.5, 0.6) is 5.75 Å². The first-order chi connectivity index (χ1) is 16.6. The molecule has 180 valence electrons. The van der Waals surface area contributed by atoms with Crippen molar-refractivity contribution < 1.29 is 19.1 Å². The topological polar surface area (TPSA) is 59.1 Å². The number of methoxy groups -OCH3 is 2. The summed E-state index contributed by atoms with van der Waals surface area (Å²) in [5.41, 5.74) is 1.94. The number of hydrogen-bond donors (Lipinski definition) is 0. The molecule has 0 unspecified atom stereocenters. The van der Waals surface area contributed by atoms with E-state index >= 15 is 0 Å². The van der Waals surface area contributed by atoms with Gasteiger partial charge in [0.1, 0.15) is 5.75 Å². The second kappa shape index (κ2) is 13.5. The first-order valence-electron chi connectivity index (χ1n) is 11.3. The molecule has 0 spiro atoms. The fourth-order valence-electron chi connectivity index (χ4n) is 3.61. The smallest absolute Gasteiger partial charge is 0.242 e. The molecule has 2 aromatic carbocycles. The average Bonchev–Trinajstić information content (AvgIpc) is 3.37. The van der Waals surface area contributed by atoms with Crippen LogP contribution < -0.4 is 4.74 Å². The molecule has 0 radical (unpaired) electrons. The molecule has 7 heteroatoms. The van der Waals surface area contributed by atoms with Gasteiger partial charge >= 0.3 is 0 Å². The lowest BCUT2D eigenvalue weighted by Crippen LogP contribution is -2.43. The number of ether oxygens (including phenoxy) is 2. The largest absolute Gasteiger partial charge is 0.497 e. The highest BCUT2D eigenvalue weighted by Gasteiger charge is 2.22. The summed E-state index contributed by atoms with van der Waals surface area (Å²) in [5.74, 6) is 0.594. The van der Waals surface area contributed by atoms with Crippen molar-refractivity contribution in [1.82, 2.24) is 9.80 Å². The van der Waals surface area contributed by atoms with Crippen molar-refractivity contribution >= 4 is 23.2 Å². The van der Waals surface area contributed by atoms with Gasteiger partial charge in [-0.3, -0.25) is 9.59 Å². The Hall–Kier alpha value is -3.16. The number of hydrogen-bond acceptors (Lipinski definition) is 5. The van der Waals surface area contributed by atoms with Crippen LogP contribution in [0.25, 0.3) is 0 Å². The van der Waals surface area contributed by atoms with Crippen LogP contribution in [0, 0.1) is 0 Å². The Bertz CT molecular complexity index is 1010. The fourth-order valence-corrected chi connectivity index (χ4v) is 4.33. The van der Waals surface area contributed by atoms with E-state index in [2.05, 4.69) is 0 Å². The summed E-state index contributed by atoms with van der Waals surface area (Å²) in [7, 11) is 3.25. The zero-order valence-electron chi connectivity index (χ0n) is 19.8. The molecule has 1 heterocycles. The van der Waals surface area contributed by atoms with Crippen molar-refractivity contribution in [2.45, 2.75) is 25.9 Å². The second-order valence-corrected chi connectivity index (χ2v) is 9.03. The highest BCUT2D eigenvalue weighted by molar-refractivity contribution is 7.09. The Labute approximate surface area is 205 Å². The predicted octanol–water partition coefficient (Wildman–Crippen LogP) is 4.39. The van der Waals surface area contributed by atoms with Crippen molar-refractivity contribution in [1.29, 1.82) is 0 Å². The standard InChI is InChI=1S/C27H32N2O4S/c1-32-16-7-15-28(26(30)18-22-11-13-24(33-2)14-12-22)21-27(31)29(20-25-10-6-17-34-25)19-23-8-4-3-5-9-23/h3-6,8-14,17H,7,15-16,18-21H2,1-2H3. The van der Waals surface area contributed by atoms with Gasteiger partial charge < -0.3 is 19.3 Å². The van der Waals surface area contributed by atoms with Crippen LogP contribution in [0.1, 0.15) is 22.4 Å². The molecule has 3 rings (SSSR count). The van der Waals surface area contributed by atoms with Gasteiger partial charge in [0, 0.05) is 31.7 Å². The third-order valence-corrected chi connectivity index (χ3v) is 6.33. The first-order valence-corrected chi connectivity index (χ1v) is 12.2. The van der Waals surface area contributed by atoms with Crippen LogP contribution in [-0.4, -0.2) is 55.5 Å². The average molecular weight is 481 g/mol. The van der Waals surface area contributed by atoms with Crippen molar-refractivity contribution in [3.05, 3.63) is 88.1 Å². The van der Waals surface area contributed by atoms with Gasteiger partial charge in [-0.2, -0.15) is 0 Å². The molecule has 0 aliphatic carbocycles. The lowest BCUT2D eigenvalue weighted by atomic mass is 10.1. The molecule has 0 aliphatic heterocycles. The number of amides is 2. The predicted molar refractivity (Wildman–Crippen MR) is 135 cm³/mol. The zero-order chi connectivity index (χ0) is 24.2. The molecule has 0 saturated carbocycles. The number of nitrogens with zero attached hydrogens (tertiary/aromatic N) is 2. The Balaban J connectivity index is 1.72. The Morgan fingerprint density at radius 2 is 1.59 bits per heavy atom. The summed E-state index contributed by atoms with van der Waals surface area (Å²) in [5, 5.41) is 2.01. The minimum Gasteiger partial charge on any atom is -0.497 e. The molecule has 0 N–H and O–H groups in total. The minimum atomic E-state index is -0.0783.